The van der Waals surface area contributed by atoms with Gasteiger partial charge in [-0.25, -0.2) is 0 Å². The van der Waals surface area contributed by atoms with Gasteiger partial charge in [0.15, 0.2) is 0 Å². The normalized spacial score (nSPS) is 18.4. The van der Waals surface area contributed by atoms with Crippen LogP contribution in [0.4, 0.5) is 0 Å². The number of hydrogen-bond donors (Lipinski definition) is 0. The summed E-state index contributed by atoms with van der Waals surface area (Å²) in [4.78, 5) is 0. The van der Waals surface area contributed by atoms with Gasteiger partial charge in [0.25, 0.3) is 0 Å². The Labute approximate surface area is 129 Å². The molecule has 0 spiro atoms. The summed E-state index contributed by atoms with van der Waals surface area (Å²) in [6, 6.07) is 8.50. The zero-order valence-corrected chi connectivity index (χ0v) is 13.2. The monoisotopic (exact) mass is 288 g/mol. The van der Waals surface area contributed by atoms with E-state index < -0.39 is 0 Å². The van der Waals surface area contributed by atoms with E-state index >= 15 is 0 Å². The Balaban J connectivity index is 1.66. The second-order valence-electron chi connectivity index (χ2n) is 5.81. The molecule has 1 heterocycles. The molecule has 0 N–H and O–H groups in total. The number of ether oxygens (including phenoxy) is 2. The fourth-order valence-electron chi connectivity index (χ4n) is 2.54. The molecule has 2 rings (SSSR count). The maximum absolute atomic E-state index is 5.76. The first-order valence-corrected chi connectivity index (χ1v) is 8.34. The molecule has 1 saturated heterocycles. The molecule has 2 heteroatoms. The van der Waals surface area contributed by atoms with Crippen molar-refractivity contribution in [3.8, 4) is 5.75 Å². The summed E-state index contributed by atoms with van der Waals surface area (Å²) in [6.07, 6.45) is 11.7. The van der Waals surface area contributed by atoms with E-state index in [9.17, 15) is 0 Å². The third-order valence-corrected chi connectivity index (χ3v) is 3.92. The van der Waals surface area contributed by atoms with Gasteiger partial charge < -0.3 is 9.47 Å². The van der Waals surface area contributed by atoms with Crippen molar-refractivity contribution in [2.75, 3.05) is 19.8 Å². The number of rotatable bonds is 9. The predicted octanol–water partition coefficient (Wildman–Crippen LogP) is 4.78. The van der Waals surface area contributed by atoms with Crippen LogP contribution in [0.1, 0.15) is 44.6 Å². The molecule has 1 aliphatic rings. The molecule has 21 heavy (non-hydrogen) atoms. The molecule has 0 bridgehead atoms. The second kappa shape index (κ2) is 9.62. The lowest BCUT2D eigenvalue weighted by Gasteiger charge is -2.06. The van der Waals surface area contributed by atoms with Gasteiger partial charge in [-0.3, -0.25) is 0 Å². The lowest BCUT2D eigenvalue weighted by atomic mass is 10.1. The van der Waals surface area contributed by atoms with Gasteiger partial charge in [0.05, 0.1) is 13.2 Å². The molecule has 1 aromatic rings. The van der Waals surface area contributed by atoms with Gasteiger partial charge in [-0.15, -0.1) is 0 Å². The zero-order chi connectivity index (χ0) is 14.8. The van der Waals surface area contributed by atoms with E-state index in [2.05, 4.69) is 43.3 Å². The predicted molar refractivity (Wildman–Crippen MR) is 87.8 cm³/mol. The maximum atomic E-state index is 5.76. The van der Waals surface area contributed by atoms with Crippen LogP contribution in [-0.2, 0) is 11.2 Å². The van der Waals surface area contributed by atoms with E-state index in [0.29, 0.717) is 5.92 Å². The Morgan fingerprint density at radius 2 is 2.05 bits per heavy atom. The minimum Gasteiger partial charge on any atom is -0.494 e. The summed E-state index contributed by atoms with van der Waals surface area (Å²) < 4.78 is 11.1. The van der Waals surface area contributed by atoms with Gasteiger partial charge in [-0.2, -0.15) is 0 Å². The van der Waals surface area contributed by atoms with Crippen LogP contribution in [0.15, 0.2) is 36.4 Å². The van der Waals surface area contributed by atoms with Crippen molar-refractivity contribution in [3.05, 3.63) is 42.0 Å². The van der Waals surface area contributed by atoms with Crippen LogP contribution in [0.2, 0.25) is 0 Å². The zero-order valence-electron chi connectivity index (χ0n) is 13.2. The number of unbranched alkanes of at least 4 members (excludes halogenated alkanes) is 3. The maximum Gasteiger partial charge on any atom is 0.119 e. The molecule has 1 aliphatic heterocycles. The fourth-order valence-corrected chi connectivity index (χ4v) is 2.54. The Hall–Kier alpha value is -1.28. The molecule has 1 unspecified atom stereocenters. The van der Waals surface area contributed by atoms with Crippen molar-refractivity contribution in [1.82, 2.24) is 0 Å². The highest BCUT2D eigenvalue weighted by Crippen LogP contribution is 2.16. The van der Waals surface area contributed by atoms with Crippen LogP contribution < -0.4 is 4.74 Å². The van der Waals surface area contributed by atoms with E-state index in [1.165, 1.54) is 31.2 Å². The Kier molecular flexibility index (Phi) is 7.37. The Morgan fingerprint density at radius 3 is 2.76 bits per heavy atom. The summed E-state index contributed by atoms with van der Waals surface area (Å²) in [7, 11) is 0. The van der Waals surface area contributed by atoms with E-state index in [4.69, 9.17) is 9.47 Å². The average molecular weight is 288 g/mol. The lowest BCUT2D eigenvalue weighted by molar-refractivity contribution is 0.191. The molecule has 116 valence electrons. The summed E-state index contributed by atoms with van der Waals surface area (Å²) in [5.74, 6) is 1.61. The fraction of sp³-hybridized carbons (Fsp3) is 0.579. The van der Waals surface area contributed by atoms with Gasteiger partial charge in [0, 0.05) is 12.5 Å². The van der Waals surface area contributed by atoms with E-state index in [0.717, 1.165) is 38.4 Å². The highest BCUT2D eigenvalue weighted by atomic mass is 16.5. The molecule has 1 aromatic carbocycles. The van der Waals surface area contributed by atoms with Crippen molar-refractivity contribution in [2.45, 2.75) is 45.4 Å². The van der Waals surface area contributed by atoms with Crippen LogP contribution in [-0.4, -0.2) is 19.8 Å². The highest BCUT2D eigenvalue weighted by Gasteiger charge is 2.11. The Bertz CT molecular complexity index is 402. The molecule has 2 nitrogen and oxygen atoms in total. The molecule has 0 aromatic heterocycles. The standard InChI is InChI=1S/C19H28O2/c1-2-3-4-5-14-21-19-11-9-17(10-12-19)7-6-8-18-13-15-20-16-18/h6,8-12,18H,2-5,7,13-16H2,1H3. The minimum atomic E-state index is 0.621. The molecule has 1 atom stereocenters. The third-order valence-electron chi connectivity index (χ3n) is 3.92. The molecule has 0 saturated carbocycles. The topological polar surface area (TPSA) is 18.5 Å². The van der Waals surface area contributed by atoms with Crippen LogP contribution in [0, 0.1) is 5.92 Å². The van der Waals surface area contributed by atoms with Gasteiger partial charge in [-0.1, -0.05) is 50.5 Å². The van der Waals surface area contributed by atoms with Gasteiger partial charge in [-0.05, 0) is 37.0 Å². The third kappa shape index (κ3) is 6.34. The first-order chi connectivity index (χ1) is 10.4. The first-order valence-electron chi connectivity index (χ1n) is 8.34. The smallest absolute Gasteiger partial charge is 0.119 e. The van der Waals surface area contributed by atoms with Crippen LogP contribution in [0.25, 0.3) is 0 Å². The largest absolute Gasteiger partial charge is 0.494 e. The van der Waals surface area contributed by atoms with Crippen molar-refractivity contribution in [1.29, 1.82) is 0 Å². The quantitative estimate of drug-likeness (QED) is 0.481. The second-order valence-corrected chi connectivity index (χ2v) is 5.81. The average Bonchev–Trinajstić information content (AvgIpc) is 3.02. The molecular formula is C19H28O2. The molecular weight excluding hydrogens is 260 g/mol. The minimum absolute atomic E-state index is 0.621. The van der Waals surface area contributed by atoms with Crippen molar-refractivity contribution >= 4 is 0 Å². The van der Waals surface area contributed by atoms with Crippen LogP contribution >= 0.6 is 0 Å². The van der Waals surface area contributed by atoms with E-state index in [1.54, 1.807) is 0 Å². The summed E-state index contributed by atoms with van der Waals surface area (Å²) >= 11 is 0. The molecule has 1 fully saturated rings. The van der Waals surface area contributed by atoms with Crippen molar-refractivity contribution in [3.63, 3.8) is 0 Å². The molecule has 0 aliphatic carbocycles. The molecule has 0 amide bonds. The van der Waals surface area contributed by atoms with Crippen LogP contribution in [0.3, 0.4) is 0 Å². The van der Waals surface area contributed by atoms with Gasteiger partial charge in [0.2, 0.25) is 0 Å². The van der Waals surface area contributed by atoms with E-state index in [-0.39, 0.29) is 0 Å². The Morgan fingerprint density at radius 1 is 1.19 bits per heavy atom. The SMILES string of the molecule is CCCCCCOc1ccc(CC=CC2CCOC2)cc1. The summed E-state index contributed by atoms with van der Waals surface area (Å²) in [6.45, 7) is 4.87. The van der Waals surface area contributed by atoms with Crippen LogP contribution in [0.5, 0.6) is 5.75 Å². The van der Waals surface area contributed by atoms with Gasteiger partial charge >= 0.3 is 0 Å². The van der Waals surface area contributed by atoms with Crippen molar-refractivity contribution in [2.24, 2.45) is 5.92 Å². The van der Waals surface area contributed by atoms with Crippen molar-refractivity contribution < 1.29 is 9.47 Å². The summed E-state index contributed by atoms with van der Waals surface area (Å²) in [5, 5.41) is 0. The van der Waals surface area contributed by atoms with E-state index in [1.807, 2.05) is 0 Å². The highest BCUT2D eigenvalue weighted by molar-refractivity contribution is 5.28. The number of hydrogen-bond acceptors (Lipinski definition) is 2. The number of allylic oxidation sites excluding steroid dienone is 1. The lowest BCUT2D eigenvalue weighted by Crippen LogP contribution is -1.97. The number of benzene rings is 1. The first kappa shape index (κ1) is 16.1. The van der Waals surface area contributed by atoms with Gasteiger partial charge in [0.1, 0.15) is 5.75 Å². The summed E-state index contributed by atoms with van der Waals surface area (Å²) in [5.41, 5.74) is 1.34. The molecule has 0 radical (unpaired) electrons.